The van der Waals surface area contributed by atoms with Gasteiger partial charge in [0.1, 0.15) is 17.3 Å². The summed E-state index contributed by atoms with van der Waals surface area (Å²) in [7, 11) is 0. The molecule has 0 saturated carbocycles. The number of aromatic nitrogens is 4. The molecule has 7 rings (SSSR count). The van der Waals surface area contributed by atoms with Gasteiger partial charge in [0.05, 0.1) is 22.9 Å². The zero-order valence-electron chi connectivity index (χ0n) is 28.7. The fourth-order valence-corrected chi connectivity index (χ4v) is 7.05. The minimum atomic E-state index is 0.634. The second-order valence-electron chi connectivity index (χ2n) is 13.4. The minimum Gasteiger partial charge on any atom is -0.457 e. The summed E-state index contributed by atoms with van der Waals surface area (Å²) in [5.74, 6) is 3.06. The van der Waals surface area contributed by atoms with Gasteiger partial charge in [0.2, 0.25) is 0 Å². The van der Waals surface area contributed by atoms with Gasteiger partial charge < -0.3 is 4.74 Å². The summed E-state index contributed by atoms with van der Waals surface area (Å²) in [6.07, 6.45) is 11.5. The van der Waals surface area contributed by atoms with E-state index in [-0.39, 0.29) is 0 Å². The number of hydrogen-bond acceptors (Lipinski definition) is 3. The van der Waals surface area contributed by atoms with Crippen LogP contribution in [0.1, 0.15) is 62.8 Å². The molecule has 5 nitrogen and oxygen atoms in total. The lowest BCUT2D eigenvalue weighted by Gasteiger charge is -2.17. The molecule has 0 fully saturated rings. The van der Waals surface area contributed by atoms with Crippen LogP contribution >= 0.6 is 0 Å². The molecule has 0 saturated heterocycles. The molecule has 3 aromatic heterocycles. The third kappa shape index (κ3) is 6.25. The van der Waals surface area contributed by atoms with Crippen LogP contribution in [0.2, 0.25) is 0 Å². The van der Waals surface area contributed by atoms with Gasteiger partial charge in [0.15, 0.2) is 0 Å². The molecule has 0 atom stereocenters. The molecule has 0 radical (unpaired) electrons. The van der Waals surface area contributed by atoms with Gasteiger partial charge in [-0.1, -0.05) is 76.9 Å². The third-order valence-electron chi connectivity index (χ3n) is 9.01. The molecule has 0 aliphatic carbocycles. The van der Waals surface area contributed by atoms with E-state index in [0.717, 1.165) is 66.1 Å². The molecule has 0 aliphatic heterocycles. The average Bonchev–Trinajstić information content (AvgIpc) is 3.68. The Morgan fingerprint density at radius 2 is 1.50 bits per heavy atom. The molecule has 48 heavy (non-hydrogen) atoms. The Balaban J connectivity index is 1.22. The van der Waals surface area contributed by atoms with Crippen LogP contribution in [-0.4, -0.2) is 19.3 Å². The molecular weight excluding hydrogens is 589 g/mol. The van der Waals surface area contributed by atoms with Gasteiger partial charge in [-0.25, -0.2) is 9.67 Å². The molecule has 0 amide bonds. The van der Waals surface area contributed by atoms with E-state index in [1.165, 1.54) is 44.2 Å². The highest BCUT2D eigenvalue weighted by Crippen LogP contribution is 2.36. The van der Waals surface area contributed by atoms with E-state index in [9.17, 15) is 0 Å². The van der Waals surface area contributed by atoms with Crippen molar-refractivity contribution in [1.82, 2.24) is 19.3 Å². The smallest absolute Gasteiger partial charge is 0.137 e. The van der Waals surface area contributed by atoms with E-state index < -0.39 is 0 Å². The highest BCUT2D eigenvalue weighted by atomic mass is 16.5. The Kier molecular flexibility index (Phi) is 8.86. The van der Waals surface area contributed by atoms with Crippen LogP contribution < -0.4 is 4.74 Å². The first-order valence-electron chi connectivity index (χ1n) is 17.4. The van der Waals surface area contributed by atoms with Gasteiger partial charge in [0.25, 0.3) is 0 Å². The second-order valence-corrected chi connectivity index (χ2v) is 13.4. The Bertz CT molecular complexity index is 2190. The first kappa shape index (κ1) is 31.4. The van der Waals surface area contributed by atoms with E-state index in [2.05, 4.69) is 118 Å². The van der Waals surface area contributed by atoms with E-state index in [4.69, 9.17) is 14.8 Å². The predicted molar refractivity (Wildman–Crippen MR) is 199 cm³/mol. The highest BCUT2D eigenvalue weighted by molar-refractivity contribution is 6.09. The number of benzene rings is 4. The van der Waals surface area contributed by atoms with Gasteiger partial charge in [-0.3, -0.25) is 4.57 Å². The molecule has 0 unspecified atom stereocenters. The maximum absolute atomic E-state index is 6.52. The van der Waals surface area contributed by atoms with Crippen molar-refractivity contribution in [2.75, 3.05) is 0 Å². The number of rotatable bonds is 11. The molecule has 5 heteroatoms. The number of nitrogens with zero attached hydrogens (tertiary/aromatic N) is 4. The van der Waals surface area contributed by atoms with Gasteiger partial charge in [-0.2, -0.15) is 5.10 Å². The number of ether oxygens (including phenoxy) is 1. The van der Waals surface area contributed by atoms with Crippen LogP contribution in [0.3, 0.4) is 0 Å². The summed E-state index contributed by atoms with van der Waals surface area (Å²) in [4.78, 5) is 4.72. The third-order valence-corrected chi connectivity index (χ3v) is 9.01. The number of aryl methyl sites for hydroxylation is 3. The van der Waals surface area contributed by atoms with Crippen molar-refractivity contribution >= 4 is 21.8 Å². The molecule has 4 aromatic carbocycles. The maximum atomic E-state index is 6.52. The fraction of sp³-hybridized carbons (Fsp3) is 0.256. The van der Waals surface area contributed by atoms with E-state index in [0.29, 0.717) is 5.92 Å². The first-order chi connectivity index (χ1) is 23.4. The Morgan fingerprint density at radius 3 is 2.25 bits per heavy atom. The molecular formula is C43H44N4O. The van der Waals surface area contributed by atoms with Gasteiger partial charge in [0, 0.05) is 40.9 Å². The highest BCUT2D eigenvalue weighted by Gasteiger charge is 2.17. The molecule has 0 spiro atoms. The van der Waals surface area contributed by atoms with Crippen molar-refractivity contribution in [3.63, 3.8) is 0 Å². The van der Waals surface area contributed by atoms with Gasteiger partial charge >= 0.3 is 0 Å². The van der Waals surface area contributed by atoms with E-state index in [1.54, 1.807) is 0 Å². The van der Waals surface area contributed by atoms with Crippen molar-refractivity contribution in [1.29, 1.82) is 0 Å². The molecule has 7 aromatic rings. The van der Waals surface area contributed by atoms with Crippen LogP contribution in [0.25, 0.3) is 44.4 Å². The number of pyridine rings is 1. The normalized spacial score (nSPS) is 11.6. The topological polar surface area (TPSA) is 44.9 Å². The summed E-state index contributed by atoms with van der Waals surface area (Å²) < 4.78 is 10.7. The first-order valence-corrected chi connectivity index (χ1v) is 17.4. The summed E-state index contributed by atoms with van der Waals surface area (Å²) in [6.45, 7) is 11.2. The zero-order valence-corrected chi connectivity index (χ0v) is 28.7. The Hall–Kier alpha value is -5.16. The summed E-state index contributed by atoms with van der Waals surface area (Å²) in [5, 5.41) is 7.21. The van der Waals surface area contributed by atoms with Crippen LogP contribution in [0.5, 0.6) is 11.5 Å². The lowest BCUT2D eigenvalue weighted by atomic mass is 9.87. The standard InChI is InChI=1S/C43H44N4O/c1-6-11-32-23-31(21-29(3)4)24-33(12-7-2)43(32)34-27-45-46(28-34)35-13-10-14-36(25-35)48-37-17-18-39-38-15-8-9-16-40(38)47(41(39)26-37)42-22-30(5)19-20-44-42/h8-10,13-20,22-29H,6-7,11-12,21H2,1-5H3. The van der Waals surface area contributed by atoms with Crippen molar-refractivity contribution in [2.24, 2.45) is 5.92 Å². The Morgan fingerprint density at radius 1 is 0.750 bits per heavy atom. The van der Waals surface area contributed by atoms with E-state index in [1.807, 2.05) is 35.3 Å². The monoisotopic (exact) mass is 632 g/mol. The van der Waals surface area contributed by atoms with Gasteiger partial charge in [-0.05, 0) is 102 Å². The molecule has 0 N–H and O–H groups in total. The predicted octanol–water partition coefficient (Wildman–Crippen LogP) is 11.2. The summed E-state index contributed by atoms with van der Waals surface area (Å²) in [5.41, 5.74) is 11.2. The Labute approximate surface area is 283 Å². The van der Waals surface area contributed by atoms with Crippen molar-refractivity contribution in [3.05, 3.63) is 132 Å². The maximum Gasteiger partial charge on any atom is 0.137 e. The number of para-hydroxylation sites is 1. The second kappa shape index (κ2) is 13.5. The van der Waals surface area contributed by atoms with Crippen LogP contribution in [0, 0.1) is 12.8 Å². The lowest BCUT2D eigenvalue weighted by molar-refractivity contribution is 0.483. The molecule has 0 bridgehead atoms. The van der Waals surface area contributed by atoms with E-state index >= 15 is 0 Å². The zero-order chi connectivity index (χ0) is 33.2. The van der Waals surface area contributed by atoms with Crippen molar-refractivity contribution < 1.29 is 4.74 Å². The van der Waals surface area contributed by atoms with Gasteiger partial charge in [-0.15, -0.1) is 0 Å². The fourth-order valence-electron chi connectivity index (χ4n) is 7.05. The molecule has 0 aliphatic rings. The molecule has 3 heterocycles. The number of fused-ring (bicyclic) bond motifs is 3. The summed E-state index contributed by atoms with van der Waals surface area (Å²) >= 11 is 0. The van der Waals surface area contributed by atoms with Crippen molar-refractivity contribution in [2.45, 2.75) is 66.7 Å². The van der Waals surface area contributed by atoms with Crippen LogP contribution in [0.4, 0.5) is 0 Å². The quantitative estimate of drug-likeness (QED) is 0.143. The van der Waals surface area contributed by atoms with Crippen LogP contribution in [-0.2, 0) is 19.3 Å². The SMILES string of the molecule is CCCc1cc(CC(C)C)cc(CCC)c1-c1cnn(-c2cccc(Oc3ccc4c5ccccc5n(-c5cc(C)ccn5)c4c3)c2)c1. The largest absolute Gasteiger partial charge is 0.457 e. The lowest BCUT2D eigenvalue weighted by Crippen LogP contribution is -2.02. The summed E-state index contributed by atoms with van der Waals surface area (Å²) in [6, 6.07) is 32.0. The average molecular weight is 633 g/mol. The number of hydrogen-bond donors (Lipinski definition) is 0. The minimum absolute atomic E-state index is 0.634. The van der Waals surface area contributed by atoms with Crippen molar-refractivity contribution in [3.8, 4) is 34.1 Å². The van der Waals surface area contributed by atoms with Crippen LogP contribution in [0.15, 0.2) is 110 Å². The molecule has 242 valence electrons.